The molecule has 140 valence electrons. The molecule has 0 aromatic carbocycles. The van der Waals surface area contributed by atoms with Crippen molar-refractivity contribution in [3.63, 3.8) is 0 Å². The summed E-state index contributed by atoms with van der Waals surface area (Å²) in [5.41, 5.74) is 0.816. The summed E-state index contributed by atoms with van der Waals surface area (Å²) in [4.78, 5) is 32.6. The van der Waals surface area contributed by atoms with E-state index in [1.54, 1.807) is 29.6 Å². The first-order valence-corrected chi connectivity index (χ1v) is 8.73. The molecule has 3 rings (SSSR count). The Kier molecular flexibility index (Phi) is 4.80. The number of fused-ring (bicyclic) bond motifs is 1. The highest BCUT2D eigenvalue weighted by Crippen LogP contribution is 2.25. The van der Waals surface area contributed by atoms with E-state index in [0.29, 0.717) is 24.8 Å². The Labute approximate surface area is 152 Å². The highest BCUT2D eigenvalue weighted by Gasteiger charge is 2.39. The molecule has 1 aliphatic rings. The standard InChI is InChI=1S/C17H25N7O2/c1-10(2)12-8-23(9-13(12)19-17(26)22(4)5)15(25)14-20-21-16-18-11(3)6-7-24(14)16/h6-7,10,12-13H,8-9H2,1-5H3,(H,19,26). The zero-order chi connectivity index (χ0) is 19.0. The van der Waals surface area contributed by atoms with Gasteiger partial charge in [-0.2, -0.15) is 0 Å². The van der Waals surface area contributed by atoms with Crippen LogP contribution in [-0.4, -0.2) is 74.5 Å². The second-order valence-electron chi connectivity index (χ2n) is 7.33. The van der Waals surface area contributed by atoms with Crippen molar-refractivity contribution in [3.8, 4) is 0 Å². The molecule has 2 aromatic rings. The molecule has 9 heteroatoms. The number of hydrogen-bond acceptors (Lipinski definition) is 5. The molecule has 1 fully saturated rings. The first kappa shape index (κ1) is 18.1. The van der Waals surface area contributed by atoms with Crippen LogP contribution in [0.3, 0.4) is 0 Å². The van der Waals surface area contributed by atoms with E-state index in [1.807, 2.05) is 13.0 Å². The second-order valence-corrected chi connectivity index (χ2v) is 7.33. The fourth-order valence-electron chi connectivity index (χ4n) is 3.27. The number of carbonyl (C=O) groups is 2. The number of urea groups is 1. The quantitative estimate of drug-likeness (QED) is 0.874. The van der Waals surface area contributed by atoms with Crippen molar-refractivity contribution in [2.45, 2.75) is 26.8 Å². The van der Waals surface area contributed by atoms with Gasteiger partial charge in [0.1, 0.15) is 0 Å². The number of carbonyl (C=O) groups excluding carboxylic acids is 2. The van der Waals surface area contributed by atoms with E-state index >= 15 is 0 Å². The van der Waals surface area contributed by atoms with Crippen LogP contribution in [0.1, 0.15) is 30.2 Å². The molecule has 0 aliphatic carbocycles. The number of nitrogens with one attached hydrogen (secondary N) is 1. The average Bonchev–Trinajstić information content (AvgIpc) is 3.17. The van der Waals surface area contributed by atoms with Gasteiger partial charge in [-0.25, -0.2) is 9.78 Å². The van der Waals surface area contributed by atoms with Crippen LogP contribution in [0, 0.1) is 18.8 Å². The lowest BCUT2D eigenvalue weighted by molar-refractivity contribution is 0.0769. The summed E-state index contributed by atoms with van der Waals surface area (Å²) in [5, 5.41) is 11.0. The molecule has 0 radical (unpaired) electrons. The zero-order valence-electron chi connectivity index (χ0n) is 15.8. The van der Waals surface area contributed by atoms with Gasteiger partial charge in [-0.3, -0.25) is 9.20 Å². The molecule has 3 amide bonds. The van der Waals surface area contributed by atoms with Crippen molar-refractivity contribution in [1.29, 1.82) is 0 Å². The normalized spacial score (nSPS) is 20.0. The Morgan fingerprint density at radius 1 is 1.27 bits per heavy atom. The summed E-state index contributed by atoms with van der Waals surface area (Å²) in [7, 11) is 3.41. The Morgan fingerprint density at radius 3 is 2.65 bits per heavy atom. The molecule has 2 unspecified atom stereocenters. The SMILES string of the molecule is Cc1ccn2c(C(=O)N3CC(NC(=O)N(C)C)C(C(C)C)C3)nnc2n1. The molecular formula is C17H25N7O2. The number of rotatable bonds is 3. The first-order valence-electron chi connectivity index (χ1n) is 8.73. The van der Waals surface area contributed by atoms with E-state index in [4.69, 9.17) is 0 Å². The lowest BCUT2D eigenvalue weighted by Gasteiger charge is -2.24. The fourth-order valence-corrected chi connectivity index (χ4v) is 3.27. The third-order valence-corrected chi connectivity index (χ3v) is 4.83. The van der Waals surface area contributed by atoms with E-state index in [1.165, 1.54) is 4.90 Å². The predicted molar refractivity (Wildman–Crippen MR) is 95.8 cm³/mol. The summed E-state index contributed by atoms with van der Waals surface area (Å²) in [5.74, 6) is 0.970. The van der Waals surface area contributed by atoms with Crippen LogP contribution >= 0.6 is 0 Å². The van der Waals surface area contributed by atoms with Gasteiger partial charge in [0.05, 0.1) is 6.04 Å². The highest BCUT2D eigenvalue weighted by atomic mass is 16.2. The monoisotopic (exact) mass is 359 g/mol. The van der Waals surface area contributed by atoms with Gasteiger partial charge in [0.2, 0.25) is 5.82 Å². The zero-order valence-corrected chi connectivity index (χ0v) is 15.8. The minimum Gasteiger partial charge on any atom is -0.333 e. The summed E-state index contributed by atoms with van der Waals surface area (Å²) < 4.78 is 1.60. The van der Waals surface area contributed by atoms with Crippen LogP contribution in [0.2, 0.25) is 0 Å². The molecule has 2 aromatic heterocycles. The minimum atomic E-state index is -0.199. The van der Waals surface area contributed by atoms with E-state index < -0.39 is 0 Å². The smallest absolute Gasteiger partial charge is 0.317 e. The molecule has 0 bridgehead atoms. The predicted octanol–water partition coefficient (Wildman–Crippen LogP) is 0.801. The van der Waals surface area contributed by atoms with Crippen LogP contribution in [-0.2, 0) is 0 Å². The van der Waals surface area contributed by atoms with E-state index in [2.05, 4.69) is 34.3 Å². The van der Waals surface area contributed by atoms with Gasteiger partial charge in [-0.05, 0) is 18.9 Å². The Bertz CT molecular complexity index is 830. The molecular weight excluding hydrogens is 334 g/mol. The molecule has 1 N–H and O–H groups in total. The van der Waals surface area contributed by atoms with Crippen molar-refractivity contribution in [2.24, 2.45) is 11.8 Å². The van der Waals surface area contributed by atoms with Crippen LogP contribution in [0.4, 0.5) is 4.79 Å². The van der Waals surface area contributed by atoms with Gasteiger partial charge >= 0.3 is 6.03 Å². The molecule has 1 saturated heterocycles. The Balaban J connectivity index is 1.82. The number of nitrogens with zero attached hydrogens (tertiary/aromatic N) is 6. The first-order chi connectivity index (χ1) is 12.3. The molecule has 26 heavy (non-hydrogen) atoms. The molecule has 2 atom stereocenters. The lowest BCUT2D eigenvalue weighted by Crippen LogP contribution is -2.46. The maximum absolute atomic E-state index is 13.0. The van der Waals surface area contributed by atoms with Crippen molar-refractivity contribution in [2.75, 3.05) is 27.2 Å². The van der Waals surface area contributed by atoms with Crippen molar-refractivity contribution in [1.82, 2.24) is 34.7 Å². The number of aryl methyl sites for hydroxylation is 1. The third-order valence-electron chi connectivity index (χ3n) is 4.83. The largest absolute Gasteiger partial charge is 0.333 e. The van der Waals surface area contributed by atoms with E-state index in [9.17, 15) is 9.59 Å². The molecule has 9 nitrogen and oxygen atoms in total. The van der Waals surface area contributed by atoms with Crippen molar-refractivity contribution in [3.05, 3.63) is 23.8 Å². The van der Waals surface area contributed by atoms with Gasteiger partial charge in [0.25, 0.3) is 11.7 Å². The summed E-state index contributed by atoms with van der Waals surface area (Å²) in [6.45, 7) is 7.10. The van der Waals surface area contributed by atoms with Crippen LogP contribution in [0.5, 0.6) is 0 Å². The van der Waals surface area contributed by atoms with Crippen LogP contribution in [0.15, 0.2) is 12.3 Å². The van der Waals surface area contributed by atoms with Crippen LogP contribution in [0.25, 0.3) is 5.78 Å². The van der Waals surface area contributed by atoms with E-state index in [0.717, 1.165) is 5.69 Å². The number of likely N-dealkylation sites (tertiary alicyclic amines) is 1. The molecule has 0 saturated carbocycles. The van der Waals surface area contributed by atoms with Gasteiger partial charge in [-0.1, -0.05) is 13.8 Å². The van der Waals surface area contributed by atoms with Gasteiger partial charge in [0, 0.05) is 45.0 Å². The average molecular weight is 359 g/mol. The van der Waals surface area contributed by atoms with E-state index in [-0.39, 0.29) is 29.7 Å². The molecule has 0 spiro atoms. The van der Waals surface area contributed by atoms with Gasteiger partial charge in [-0.15, -0.1) is 10.2 Å². The highest BCUT2D eigenvalue weighted by molar-refractivity contribution is 5.91. The molecule has 1 aliphatic heterocycles. The summed E-state index contributed by atoms with van der Waals surface area (Å²) in [6, 6.07) is 1.57. The Hall–Kier alpha value is -2.71. The maximum Gasteiger partial charge on any atom is 0.317 e. The maximum atomic E-state index is 13.0. The van der Waals surface area contributed by atoms with Crippen molar-refractivity contribution >= 4 is 17.7 Å². The molecule has 3 heterocycles. The van der Waals surface area contributed by atoms with Gasteiger partial charge in [0.15, 0.2) is 0 Å². The Morgan fingerprint density at radius 2 is 2.00 bits per heavy atom. The fraction of sp³-hybridized carbons (Fsp3) is 0.588. The number of aromatic nitrogens is 4. The third kappa shape index (κ3) is 3.33. The topological polar surface area (TPSA) is 95.7 Å². The number of hydrogen-bond donors (Lipinski definition) is 1. The number of amides is 3. The summed E-state index contributed by atoms with van der Waals surface area (Å²) >= 11 is 0. The summed E-state index contributed by atoms with van der Waals surface area (Å²) in [6.07, 6.45) is 1.76. The second kappa shape index (κ2) is 6.89. The van der Waals surface area contributed by atoms with Crippen LogP contribution < -0.4 is 5.32 Å². The van der Waals surface area contributed by atoms with Gasteiger partial charge < -0.3 is 15.1 Å². The minimum absolute atomic E-state index is 0.0894. The van der Waals surface area contributed by atoms with Crippen molar-refractivity contribution < 1.29 is 9.59 Å². The lowest BCUT2D eigenvalue weighted by atomic mass is 9.91.